The Bertz CT molecular complexity index is 824. The highest BCUT2D eigenvalue weighted by Gasteiger charge is 2.17. The summed E-state index contributed by atoms with van der Waals surface area (Å²) in [6, 6.07) is 24.9. The smallest absolute Gasteiger partial charge is 0.306 e. The Morgan fingerprint density at radius 2 is 1.52 bits per heavy atom. The molecule has 0 spiro atoms. The van der Waals surface area contributed by atoms with E-state index in [0.29, 0.717) is 6.42 Å². The van der Waals surface area contributed by atoms with E-state index in [1.165, 1.54) is 16.3 Å². The average Bonchev–Trinajstić information content (AvgIpc) is 2.64. The molecule has 0 fully saturated rings. The molecule has 1 N–H and O–H groups in total. The van der Waals surface area contributed by atoms with Gasteiger partial charge in [-0.1, -0.05) is 79.2 Å². The van der Waals surface area contributed by atoms with Gasteiger partial charge in [-0.25, -0.2) is 0 Å². The first kappa shape index (κ1) is 17.2. The van der Waals surface area contributed by atoms with Crippen LogP contribution in [0.2, 0.25) is 0 Å². The van der Waals surface area contributed by atoms with Crippen molar-refractivity contribution in [1.29, 1.82) is 0 Å². The number of carboxylic acid groups (broad SMARTS) is 1. The summed E-state index contributed by atoms with van der Waals surface area (Å²) >= 11 is 0. The van der Waals surface area contributed by atoms with Crippen molar-refractivity contribution in [3.05, 3.63) is 83.9 Å². The van der Waals surface area contributed by atoms with E-state index in [1.807, 2.05) is 30.3 Å². The number of carbonyl (C=O) groups is 1. The Balaban J connectivity index is 1.50. The summed E-state index contributed by atoms with van der Waals surface area (Å²) in [5, 5.41) is 12.0. The first-order valence-corrected chi connectivity index (χ1v) is 8.97. The molecule has 0 bridgehead atoms. The largest absolute Gasteiger partial charge is 0.481 e. The topological polar surface area (TPSA) is 37.3 Å². The minimum absolute atomic E-state index is 0.293. The molecule has 0 aromatic heterocycles. The number of carboxylic acids is 1. The SMILES string of the molecule is O=C(O)C(CCCCc1ccc2ccccc2c1)Cc1ccccc1. The van der Waals surface area contributed by atoms with Crippen molar-refractivity contribution in [2.45, 2.75) is 32.1 Å². The Kier molecular flexibility index (Phi) is 5.84. The molecule has 0 radical (unpaired) electrons. The van der Waals surface area contributed by atoms with Crippen LogP contribution in [0.15, 0.2) is 72.8 Å². The molecular weight excluding hydrogens is 308 g/mol. The average molecular weight is 332 g/mol. The first-order valence-electron chi connectivity index (χ1n) is 8.97. The molecule has 128 valence electrons. The number of benzene rings is 3. The van der Waals surface area contributed by atoms with Crippen LogP contribution in [0.1, 0.15) is 30.4 Å². The minimum Gasteiger partial charge on any atom is -0.481 e. The van der Waals surface area contributed by atoms with Gasteiger partial charge in [0.15, 0.2) is 0 Å². The van der Waals surface area contributed by atoms with Crippen molar-refractivity contribution < 1.29 is 9.90 Å². The summed E-state index contributed by atoms with van der Waals surface area (Å²) in [6.45, 7) is 0. The van der Waals surface area contributed by atoms with Crippen molar-refractivity contribution in [1.82, 2.24) is 0 Å². The zero-order valence-corrected chi connectivity index (χ0v) is 14.4. The van der Waals surface area contributed by atoms with Gasteiger partial charge in [-0.2, -0.15) is 0 Å². The predicted molar refractivity (Wildman–Crippen MR) is 103 cm³/mol. The highest BCUT2D eigenvalue weighted by atomic mass is 16.4. The lowest BCUT2D eigenvalue weighted by molar-refractivity contribution is -0.142. The number of fused-ring (bicyclic) bond motifs is 1. The van der Waals surface area contributed by atoms with Crippen LogP contribution in [-0.2, 0) is 17.6 Å². The minimum atomic E-state index is -0.686. The molecule has 0 aliphatic heterocycles. The zero-order valence-electron chi connectivity index (χ0n) is 14.4. The van der Waals surface area contributed by atoms with Crippen LogP contribution in [0, 0.1) is 5.92 Å². The molecule has 3 rings (SSSR count). The molecular formula is C23H24O2. The summed E-state index contributed by atoms with van der Waals surface area (Å²) in [6.07, 6.45) is 4.32. The van der Waals surface area contributed by atoms with E-state index in [-0.39, 0.29) is 5.92 Å². The van der Waals surface area contributed by atoms with Crippen LogP contribution >= 0.6 is 0 Å². The number of hydrogen-bond donors (Lipinski definition) is 1. The molecule has 1 atom stereocenters. The molecule has 0 heterocycles. The second-order valence-corrected chi connectivity index (χ2v) is 6.65. The molecule has 3 aromatic rings. The second kappa shape index (κ2) is 8.48. The van der Waals surface area contributed by atoms with Crippen molar-refractivity contribution >= 4 is 16.7 Å². The lowest BCUT2D eigenvalue weighted by atomic mass is 9.93. The Morgan fingerprint density at radius 3 is 2.28 bits per heavy atom. The first-order chi connectivity index (χ1) is 12.2. The predicted octanol–water partition coefficient (Wildman–Crippen LogP) is 5.50. The molecule has 0 aliphatic carbocycles. The Hall–Kier alpha value is -2.61. The summed E-state index contributed by atoms with van der Waals surface area (Å²) in [7, 11) is 0. The maximum Gasteiger partial charge on any atom is 0.306 e. The van der Waals surface area contributed by atoms with Gasteiger partial charge in [0.2, 0.25) is 0 Å². The normalized spacial score (nSPS) is 12.2. The Labute approximate surface area is 149 Å². The van der Waals surface area contributed by atoms with Gasteiger partial charge >= 0.3 is 5.97 Å². The van der Waals surface area contributed by atoms with Crippen LogP contribution in [-0.4, -0.2) is 11.1 Å². The monoisotopic (exact) mass is 332 g/mol. The number of aryl methyl sites for hydroxylation is 1. The summed E-state index contributed by atoms with van der Waals surface area (Å²) in [4.78, 5) is 11.5. The third-order valence-electron chi connectivity index (χ3n) is 4.76. The van der Waals surface area contributed by atoms with E-state index in [4.69, 9.17) is 0 Å². The second-order valence-electron chi connectivity index (χ2n) is 6.65. The molecule has 0 amide bonds. The summed E-state index contributed by atoms with van der Waals surface area (Å²) in [5.74, 6) is -0.978. The van der Waals surface area contributed by atoms with Crippen molar-refractivity contribution in [2.24, 2.45) is 5.92 Å². The third-order valence-corrected chi connectivity index (χ3v) is 4.76. The van der Waals surface area contributed by atoms with E-state index in [2.05, 4.69) is 42.5 Å². The fraction of sp³-hybridized carbons (Fsp3) is 0.261. The molecule has 0 saturated carbocycles. The van der Waals surface area contributed by atoms with Crippen molar-refractivity contribution in [2.75, 3.05) is 0 Å². The van der Waals surface area contributed by atoms with Gasteiger partial charge in [-0.15, -0.1) is 0 Å². The zero-order chi connectivity index (χ0) is 17.5. The van der Waals surface area contributed by atoms with Crippen LogP contribution in [0.5, 0.6) is 0 Å². The molecule has 1 unspecified atom stereocenters. The number of aliphatic carboxylic acids is 1. The molecule has 3 aromatic carbocycles. The number of unbranched alkanes of at least 4 members (excludes halogenated alkanes) is 1. The molecule has 25 heavy (non-hydrogen) atoms. The fourth-order valence-electron chi connectivity index (χ4n) is 3.33. The van der Waals surface area contributed by atoms with Crippen LogP contribution < -0.4 is 0 Å². The van der Waals surface area contributed by atoms with E-state index in [0.717, 1.165) is 31.2 Å². The van der Waals surface area contributed by atoms with Gasteiger partial charge in [0.1, 0.15) is 0 Å². The van der Waals surface area contributed by atoms with Gasteiger partial charge < -0.3 is 5.11 Å². The van der Waals surface area contributed by atoms with Crippen molar-refractivity contribution in [3.8, 4) is 0 Å². The van der Waals surface area contributed by atoms with E-state index >= 15 is 0 Å². The number of rotatable bonds is 8. The maximum absolute atomic E-state index is 11.5. The highest BCUT2D eigenvalue weighted by Crippen LogP contribution is 2.19. The lowest BCUT2D eigenvalue weighted by Gasteiger charge is -2.12. The van der Waals surface area contributed by atoms with Crippen LogP contribution in [0.3, 0.4) is 0 Å². The van der Waals surface area contributed by atoms with E-state index in [1.54, 1.807) is 0 Å². The Morgan fingerprint density at radius 1 is 0.800 bits per heavy atom. The van der Waals surface area contributed by atoms with Gasteiger partial charge in [0, 0.05) is 0 Å². The molecule has 0 aliphatic rings. The lowest BCUT2D eigenvalue weighted by Crippen LogP contribution is -2.16. The summed E-state index contributed by atoms with van der Waals surface area (Å²) in [5.41, 5.74) is 2.43. The fourth-order valence-corrected chi connectivity index (χ4v) is 3.33. The van der Waals surface area contributed by atoms with Crippen molar-refractivity contribution in [3.63, 3.8) is 0 Å². The molecule has 2 heteroatoms. The van der Waals surface area contributed by atoms with Gasteiger partial charge in [-0.05, 0) is 47.6 Å². The third kappa shape index (κ3) is 4.93. The standard InChI is InChI=1S/C23H24O2/c24-23(25)22(17-18-8-2-1-3-9-18)13-5-4-10-19-14-15-20-11-6-7-12-21(20)16-19/h1-3,6-9,11-12,14-16,22H,4-5,10,13,17H2,(H,24,25). The van der Waals surface area contributed by atoms with E-state index in [9.17, 15) is 9.90 Å². The van der Waals surface area contributed by atoms with Gasteiger partial charge in [0.25, 0.3) is 0 Å². The van der Waals surface area contributed by atoms with Crippen LogP contribution in [0.25, 0.3) is 10.8 Å². The quantitative estimate of drug-likeness (QED) is 0.553. The molecule has 2 nitrogen and oxygen atoms in total. The van der Waals surface area contributed by atoms with Gasteiger partial charge in [0.05, 0.1) is 5.92 Å². The number of hydrogen-bond acceptors (Lipinski definition) is 1. The highest BCUT2D eigenvalue weighted by molar-refractivity contribution is 5.82. The van der Waals surface area contributed by atoms with E-state index < -0.39 is 5.97 Å². The molecule has 0 saturated heterocycles. The van der Waals surface area contributed by atoms with Gasteiger partial charge in [-0.3, -0.25) is 4.79 Å². The maximum atomic E-state index is 11.5. The van der Waals surface area contributed by atoms with Crippen LogP contribution in [0.4, 0.5) is 0 Å². The summed E-state index contributed by atoms with van der Waals surface area (Å²) < 4.78 is 0.